The van der Waals surface area contributed by atoms with E-state index in [0.717, 1.165) is 15.5 Å². The summed E-state index contributed by atoms with van der Waals surface area (Å²) >= 11 is 1.46. The molecule has 0 fully saturated rings. The lowest BCUT2D eigenvalue weighted by Gasteiger charge is -2.14. The number of nitrogens with zero attached hydrogens (tertiary/aromatic N) is 2. The van der Waals surface area contributed by atoms with Crippen LogP contribution in [0.1, 0.15) is 43.7 Å². The maximum absolute atomic E-state index is 13.0. The van der Waals surface area contributed by atoms with Gasteiger partial charge in [0, 0.05) is 23.6 Å². The summed E-state index contributed by atoms with van der Waals surface area (Å²) in [6.07, 6.45) is 0. The minimum Gasteiger partial charge on any atom is -0.456 e. The Morgan fingerprint density at radius 2 is 1.67 bits per heavy atom. The van der Waals surface area contributed by atoms with Gasteiger partial charge in [0.25, 0.3) is 11.8 Å². The highest BCUT2D eigenvalue weighted by Crippen LogP contribution is 2.30. The molecule has 3 aromatic carbocycles. The maximum atomic E-state index is 13.0. The van der Waals surface area contributed by atoms with Crippen LogP contribution in [-0.4, -0.2) is 28.7 Å². The molecule has 0 saturated heterocycles. The molecule has 0 atom stereocenters. The Hall–Kier alpha value is -4.63. The molecule has 4 aromatic rings. The number of carbonyl (C=O) groups excluding carboxylic acids is 4. The number of carbonyl (C=O) groups is 4. The summed E-state index contributed by atoms with van der Waals surface area (Å²) in [5.41, 5.74) is 3.00. The molecule has 0 spiro atoms. The lowest BCUT2D eigenvalue weighted by Crippen LogP contribution is -2.29. The first-order valence-corrected chi connectivity index (χ1v) is 11.9. The summed E-state index contributed by atoms with van der Waals surface area (Å²) in [5.74, 6) is -1.87. The molecule has 1 aromatic heterocycles. The molecule has 5 rings (SSSR count). The van der Waals surface area contributed by atoms with Crippen LogP contribution in [-0.2, 0) is 16.1 Å². The number of ether oxygens (including phenoxy) is 1. The molecule has 0 saturated carbocycles. The number of amides is 3. The zero-order valence-electron chi connectivity index (χ0n) is 19.1. The number of esters is 1. The van der Waals surface area contributed by atoms with E-state index in [1.165, 1.54) is 36.5 Å². The fourth-order valence-corrected chi connectivity index (χ4v) is 4.62. The van der Waals surface area contributed by atoms with Crippen molar-refractivity contribution in [3.05, 3.63) is 101 Å². The molecule has 1 aliphatic rings. The third-order valence-electron chi connectivity index (χ3n) is 5.49. The summed E-state index contributed by atoms with van der Waals surface area (Å²) in [6.45, 7) is 1.37. The van der Waals surface area contributed by atoms with Crippen molar-refractivity contribution in [2.75, 3.05) is 10.2 Å². The van der Waals surface area contributed by atoms with Crippen molar-refractivity contribution >= 4 is 46.4 Å². The largest absolute Gasteiger partial charge is 0.456 e. The molecule has 3 amide bonds. The molecular formula is C27H19N3O5S. The standard InChI is InChI=1S/C27H19N3O5S/c1-16(31)28-19-8-10-21(11-9-19)30-25(32)22-12-7-18(13-23(22)26(30)33)27(34)35-14-20-15-36-24(29-20)17-5-3-2-4-6-17/h2-13,15H,14H2,1H3,(H,28,31). The van der Waals surface area contributed by atoms with E-state index in [1.807, 2.05) is 35.7 Å². The second-order valence-corrected chi connectivity index (χ2v) is 8.88. The Bertz CT molecular complexity index is 1500. The molecule has 1 N–H and O–H groups in total. The Balaban J connectivity index is 1.29. The average molecular weight is 498 g/mol. The van der Waals surface area contributed by atoms with E-state index in [9.17, 15) is 19.2 Å². The highest BCUT2D eigenvalue weighted by molar-refractivity contribution is 7.13. The van der Waals surface area contributed by atoms with Gasteiger partial charge in [-0.1, -0.05) is 30.3 Å². The first-order valence-electron chi connectivity index (χ1n) is 11.0. The Labute approximate surface area is 210 Å². The number of fused-ring (bicyclic) bond motifs is 1. The number of aromatic nitrogens is 1. The Kier molecular flexibility index (Phi) is 6.14. The van der Waals surface area contributed by atoms with Gasteiger partial charge in [0.2, 0.25) is 5.91 Å². The van der Waals surface area contributed by atoms with E-state index in [1.54, 1.807) is 24.3 Å². The van der Waals surface area contributed by atoms with E-state index < -0.39 is 17.8 Å². The summed E-state index contributed by atoms with van der Waals surface area (Å²) < 4.78 is 5.40. The molecule has 0 aliphatic carbocycles. The summed E-state index contributed by atoms with van der Waals surface area (Å²) in [6, 6.07) is 20.3. The number of hydrogen-bond acceptors (Lipinski definition) is 7. The van der Waals surface area contributed by atoms with Crippen LogP contribution in [0.25, 0.3) is 10.6 Å². The highest BCUT2D eigenvalue weighted by atomic mass is 32.1. The van der Waals surface area contributed by atoms with E-state index in [0.29, 0.717) is 17.1 Å². The molecule has 2 heterocycles. The van der Waals surface area contributed by atoms with Crippen LogP contribution in [0.15, 0.2) is 78.2 Å². The molecule has 9 heteroatoms. The first kappa shape index (κ1) is 23.1. The molecule has 0 unspecified atom stereocenters. The van der Waals surface area contributed by atoms with Gasteiger partial charge < -0.3 is 10.1 Å². The Morgan fingerprint density at radius 3 is 2.39 bits per heavy atom. The van der Waals surface area contributed by atoms with Crippen molar-refractivity contribution in [2.45, 2.75) is 13.5 Å². The third-order valence-corrected chi connectivity index (χ3v) is 6.43. The molecule has 8 nitrogen and oxygen atoms in total. The van der Waals surface area contributed by atoms with E-state index in [2.05, 4.69) is 10.3 Å². The number of imide groups is 1. The van der Waals surface area contributed by atoms with Crippen LogP contribution in [0.3, 0.4) is 0 Å². The van der Waals surface area contributed by atoms with Crippen molar-refractivity contribution in [3.63, 3.8) is 0 Å². The average Bonchev–Trinajstić information content (AvgIpc) is 3.46. The zero-order chi connectivity index (χ0) is 25.2. The van der Waals surface area contributed by atoms with Crippen molar-refractivity contribution in [1.29, 1.82) is 0 Å². The highest BCUT2D eigenvalue weighted by Gasteiger charge is 2.37. The number of thiazole rings is 1. The van der Waals surface area contributed by atoms with Gasteiger partial charge in [-0.3, -0.25) is 14.4 Å². The number of rotatable bonds is 6. The molecule has 36 heavy (non-hydrogen) atoms. The van der Waals surface area contributed by atoms with Crippen LogP contribution in [0, 0.1) is 0 Å². The summed E-state index contributed by atoms with van der Waals surface area (Å²) in [7, 11) is 0. The van der Waals surface area contributed by atoms with Gasteiger partial charge in [-0.2, -0.15) is 0 Å². The molecule has 0 bridgehead atoms. The zero-order valence-corrected chi connectivity index (χ0v) is 19.9. The van der Waals surface area contributed by atoms with E-state index in [-0.39, 0.29) is 29.2 Å². The number of benzene rings is 3. The van der Waals surface area contributed by atoms with E-state index >= 15 is 0 Å². The topological polar surface area (TPSA) is 106 Å². The first-order chi connectivity index (χ1) is 17.4. The van der Waals surface area contributed by atoms with Crippen LogP contribution in [0.5, 0.6) is 0 Å². The van der Waals surface area contributed by atoms with Crippen LogP contribution in [0.2, 0.25) is 0 Å². The fourth-order valence-electron chi connectivity index (χ4n) is 3.81. The monoisotopic (exact) mass is 497 g/mol. The fraction of sp³-hybridized carbons (Fsp3) is 0.0741. The lowest BCUT2D eigenvalue weighted by molar-refractivity contribution is -0.114. The van der Waals surface area contributed by atoms with Gasteiger partial charge in [-0.15, -0.1) is 11.3 Å². The third kappa shape index (κ3) is 4.51. The molecular weight excluding hydrogens is 478 g/mol. The van der Waals surface area contributed by atoms with Crippen molar-refractivity contribution in [1.82, 2.24) is 4.98 Å². The number of anilines is 2. The van der Waals surface area contributed by atoms with Crippen LogP contribution >= 0.6 is 11.3 Å². The van der Waals surface area contributed by atoms with Gasteiger partial charge >= 0.3 is 5.97 Å². The van der Waals surface area contributed by atoms with Crippen molar-refractivity contribution < 1.29 is 23.9 Å². The summed E-state index contributed by atoms with van der Waals surface area (Å²) in [5, 5.41) is 5.29. The van der Waals surface area contributed by atoms with Crippen LogP contribution < -0.4 is 10.2 Å². The van der Waals surface area contributed by atoms with Gasteiger partial charge in [0.05, 0.1) is 28.1 Å². The quantitative estimate of drug-likeness (QED) is 0.299. The van der Waals surface area contributed by atoms with Gasteiger partial charge in [0.1, 0.15) is 11.6 Å². The molecule has 1 aliphatic heterocycles. The smallest absolute Gasteiger partial charge is 0.338 e. The van der Waals surface area contributed by atoms with Crippen LogP contribution in [0.4, 0.5) is 11.4 Å². The lowest BCUT2D eigenvalue weighted by atomic mass is 10.1. The second-order valence-electron chi connectivity index (χ2n) is 8.02. The molecule has 0 radical (unpaired) electrons. The maximum Gasteiger partial charge on any atom is 0.338 e. The SMILES string of the molecule is CC(=O)Nc1ccc(N2C(=O)c3ccc(C(=O)OCc4csc(-c5ccccc5)n4)cc3C2=O)cc1. The normalized spacial score (nSPS) is 12.4. The van der Waals surface area contributed by atoms with Crippen molar-refractivity contribution in [2.24, 2.45) is 0 Å². The van der Waals surface area contributed by atoms with Crippen molar-refractivity contribution in [3.8, 4) is 10.6 Å². The predicted molar refractivity (Wildman–Crippen MR) is 135 cm³/mol. The minimum absolute atomic E-state index is 0.0150. The number of nitrogens with one attached hydrogen (secondary N) is 1. The van der Waals surface area contributed by atoms with Gasteiger partial charge in [-0.25, -0.2) is 14.7 Å². The Morgan fingerprint density at radius 1 is 0.944 bits per heavy atom. The minimum atomic E-state index is -0.620. The second kappa shape index (κ2) is 9.55. The van der Waals surface area contributed by atoms with Gasteiger partial charge in [-0.05, 0) is 42.5 Å². The predicted octanol–water partition coefficient (Wildman–Crippen LogP) is 4.93. The van der Waals surface area contributed by atoms with Gasteiger partial charge in [0.15, 0.2) is 0 Å². The van der Waals surface area contributed by atoms with E-state index in [4.69, 9.17) is 4.74 Å². The molecule has 178 valence electrons. The summed E-state index contributed by atoms with van der Waals surface area (Å²) in [4.78, 5) is 55.4. The number of hydrogen-bond donors (Lipinski definition) is 1.